The number of sulfonamides is 1. The molecule has 2 aliphatic heterocycles. The summed E-state index contributed by atoms with van der Waals surface area (Å²) >= 11 is 0. The van der Waals surface area contributed by atoms with Crippen molar-refractivity contribution in [1.29, 1.82) is 0 Å². The van der Waals surface area contributed by atoms with Gasteiger partial charge in [-0.2, -0.15) is 4.31 Å². The molecule has 0 unspecified atom stereocenters. The molecule has 0 aromatic carbocycles. The minimum atomic E-state index is -3.01. The zero-order chi connectivity index (χ0) is 13.9. The first kappa shape index (κ1) is 15.2. The lowest BCUT2D eigenvalue weighted by molar-refractivity contribution is 0.145. The number of hydrogen-bond donors (Lipinski definition) is 1. The van der Waals surface area contributed by atoms with Gasteiger partial charge >= 0.3 is 0 Å². The number of piperidine rings is 1. The van der Waals surface area contributed by atoms with Gasteiger partial charge in [-0.1, -0.05) is 0 Å². The van der Waals surface area contributed by atoms with Crippen LogP contribution in [0.25, 0.3) is 0 Å². The molecule has 0 aromatic rings. The summed E-state index contributed by atoms with van der Waals surface area (Å²) in [6.07, 6.45) is 3.49. The van der Waals surface area contributed by atoms with E-state index in [4.69, 9.17) is 5.73 Å². The van der Waals surface area contributed by atoms with Crippen molar-refractivity contribution in [3.63, 3.8) is 0 Å². The van der Waals surface area contributed by atoms with Crippen LogP contribution >= 0.6 is 0 Å². The molecule has 0 spiro atoms. The van der Waals surface area contributed by atoms with E-state index in [-0.39, 0.29) is 0 Å². The number of hydrogen-bond acceptors (Lipinski definition) is 5. The largest absolute Gasteiger partial charge is 0.328 e. The highest BCUT2D eigenvalue weighted by atomic mass is 32.2. The normalized spacial score (nSPS) is 25.8. The summed E-state index contributed by atoms with van der Waals surface area (Å²) < 4.78 is 24.4. The van der Waals surface area contributed by atoms with Gasteiger partial charge in [0.2, 0.25) is 10.0 Å². The summed E-state index contributed by atoms with van der Waals surface area (Å²) in [5, 5.41) is 0. The Kier molecular flexibility index (Phi) is 5.19. The summed E-state index contributed by atoms with van der Waals surface area (Å²) in [7, 11) is -3.01. The van der Waals surface area contributed by atoms with Crippen molar-refractivity contribution in [2.45, 2.75) is 18.9 Å². The van der Waals surface area contributed by atoms with Gasteiger partial charge in [-0.3, -0.25) is 4.90 Å². The van der Waals surface area contributed by atoms with Gasteiger partial charge < -0.3 is 10.6 Å². The summed E-state index contributed by atoms with van der Waals surface area (Å²) in [6.45, 7) is 7.27. The fourth-order valence-corrected chi connectivity index (χ4v) is 3.57. The van der Waals surface area contributed by atoms with Gasteiger partial charge in [0.15, 0.2) is 0 Å². The van der Waals surface area contributed by atoms with Gasteiger partial charge in [0, 0.05) is 45.3 Å². The van der Waals surface area contributed by atoms with E-state index >= 15 is 0 Å². The highest BCUT2D eigenvalue weighted by Crippen LogP contribution is 2.09. The maximum Gasteiger partial charge on any atom is 0.211 e. The number of piperazine rings is 1. The van der Waals surface area contributed by atoms with Crippen LogP contribution in [0.15, 0.2) is 0 Å². The molecule has 6 nitrogen and oxygen atoms in total. The van der Waals surface area contributed by atoms with Gasteiger partial charge in [-0.15, -0.1) is 0 Å². The molecule has 19 heavy (non-hydrogen) atoms. The van der Waals surface area contributed by atoms with Crippen LogP contribution in [0.1, 0.15) is 12.8 Å². The molecule has 0 bridgehead atoms. The molecule has 0 saturated carbocycles. The van der Waals surface area contributed by atoms with Crippen LogP contribution in [0.3, 0.4) is 0 Å². The molecule has 0 radical (unpaired) electrons. The van der Waals surface area contributed by atoms with Crippen molar-refractivity contribution in [1.82, 2.24) is 14.1 Å². The molecule has 2 N–H and O–H groups in total. The van der Waals surface area contributed by atoms with Gasteiger partial charge in [0.25, 0.3) is 0 Å². The Balaban J connectivity index is 1.66. The number of likely N-dealkylation sites (tertiary alicyclic amines) is 1. The van der Waals surface area contributed by atoms with Crippen molar-refractivity contribution in [3.05, 3.63) is 0 Å². The SMILES string of the molecule is CS(=O)(=O)N1CCN(CCN2CCC(N)CC2)CC1. The van der Waals surface area contributed by atoms with E-state index < -0.39 is 10.0 Å². The Bertz CT molecular complexity index is 371. The number of nitrogens with two attached hydrogens (primary N) is 1. The maximum atomic E-state index is 11.4. The molecule has 7 heteroatoms. The molecule has 0 atom stereocenters. The quantitative estimate of drug-likeness (QED) is 0.718. The Morgan fingerprint density at radius 3 is 1.89 bits per heavy atom. The smallest absolute Gasteiger partial charge is 0.211 e. The molecule has 2 aliphatic rings. The molecule has 2 saturated heterocycles. The third-order valence-electron chi connectivity index (χ3n) is 4.16. The highest BCUT2D eigenvalue weighted by molar-refractivity contribution is 7.88. The molecule has 2 heterocycles. The van der Waals surface area contributed by atoms with Crippen LogP contribution in [-0.2, 0) is 10.0 Å². The van der Waals surface area contributed by atoms with E-state index in [1.165, 1.54) is 6.26 Å². The fourth-order valence-electron chi connectivity index (χ4n) is 2.74. The van der Waals surface area contributed by atoms with Crippen molar-refractivity contribution < 1.29 is 8.42 Å². The van der Waals surface area contributed by atoms with E-state index in [0.29, 0.717) is 19.1 Å². The number of rotatable bonds is 4. The van der Waals surface area contributed by atoms with Crippen LogP contribution in [-0.4, -0.2) is 87.2 Å². The van der Waals surface area contributed by atoms with E-state index in [0.717, 1.165) is 52.1 Å². The first-order valence-corrected chi connectivity index (χ1v) is 8.95. The molecular formula is C12H26N4O2S. The fraction of sp³-hybridized carbons (Fsp3) is 1.00. The predicted molar refractivity (Wildman–Crippen MR) is 76.5 cm³/mol. The third-order valence-corrected chi connectivity index (χ3v) is 5.47. The van der Waals surface area contributed by atoms with Crippen LogP contribution in [0.2, 0.25) is 0 Å². The van der Waals surface area contributed by atoms with Gasteiger partial charge in [-0.25, -0.2) is 8.42 Å². The van der Waals surface area contributed by atoms with Crippen molar-refractivity contribution in [2.75, 3.05) is 58.6 Å². The van der Waals surface area contributed by atoms with Crippen molar-refractivity contribution >= 4 is 10.0 Å². The predicted octanol–water partition coefficient (Wildman–Crippen LogP) is -1.01. The zero-order valence-corrected chi connectivity index (χ0v) is 12.6. The van der Waals surface area contributed by atoms with Crippen molar-refractivity contribution in [2.24, 2.45) is 5.73 Å². The Hall–Kier alpha value is -0.210. The highest BCUT2D eigenvalue weighted by Gasteiger charge is 2.23. The molecule has 0 aromatic heterocycles. The number of nitrogens with zero attached hydrogens (tertiary/aromatic N) is 3. The molecule has 2 fully saturated rings. The lowest BCUT2D eigenvalue weighted by Crippen LogP contribution is -2.50. The molecule has 2 rings (SSSR count). The molecule has 112 valence electrons. The summed E-state index contributed by atoms with van der Waals surface area (Å²) in [5.74, 6) is 0. The van der Waals surface area contributed by atoms with Crippen LogP contribution in [0.5, 0.6) is 0 Å². The minimum absolute atomic E-state index is 0.384. The second-order valence-corrected chi connectivity index (χ2v) is 7.67. The third kappa shape index (κ3) is 4.68. The van der Waals surface area contributed by atoms with Crippen LogP contribution < -0.4 is 5.73 Å². The van der Waals surface area contributed by atoms with Crippen LogP contribution in [0, 0.1) is 0 Å². The zero-order valence-electron chi connectivity index (χ0n) is 11.8. The molecule has 0 aliphatic carbocycles. The van der Waals surface area contributed by atoms with Gasteiger partial charge in [-0.05, 0) is 25.9 Å². The average molecular weight is 290 g/mol. The lowest BCUT2D eigenvalue weighted by Gasteiger charge is -2.36. The van der Waals surface area contributed by atoms with E-state index in [9.17, 15) is 8.42 Å². The Morgan fingerprint density at radius 2 is 1.42 bits per heavy atom. The summed E-state index contributed by atoms with van der Waals surface area (Å²) in [5.41, 5.74) is 5.89. The second kappa shape index (κ2) is 6.49. The Labute approximate surface area is 116 Å². The topological polar surface area (TPSA) is 69.9 Å². The van der Waals surface area contributed by atoms with E-state index in [1.807, 2.05) is 0 Å². The van der Waals surface area contributed by atoms with Gasteiger partial charge in [0.05, 0.1) is 6.26 Å². The Morgan fingerprint density at radius 1 is 0.947 bits per heavy atom. The second-order valence-electron chi connectivity index (χ2n) is 5.68. The summed E-state index contributed by atoms with van der Waals surface area (Å²) in [6, 6.07) is 0.384. The first-order valence-electron chi connectivity index (χ1n) is 7.10. The molecule has 0 amide bonds. The maximum absolute atomic E-state index is 11.4. The van der Waals surface area contributed by atoms with Crippen molar-refractivity contribution in [3.8, 4) is 0 Å². The van der Waals surface area contributed by atoms with Crippen LogP contribution in [0.4, 0.5) is 0 Å². The van der Waals surface area contributed by atoms with E-state index in [2.05, 4.69) is 9.80 Å². The monoisotopic (exact) mass is 290 g/mol. The van der Waals surface area contributed by atoms with Gasteiger partial charge in [0.1, 0.15) is 0 Å². The average Bonchev–Trinajstić information content (AvgIpc) is 2.37. The standard InChI is InChI=1S/C12H26N4O2S/c1-19(17,18)16-10-8-15(9-11-16)7-6-14-4-2-12(13)3-5-14/h12H,2-11,13H2,1H3. The minimum Gasteiger partial charge on any atom is -0.328 e. The summed E-state index contributed by atoms with van der Waals surface area (Å²) in [4.78, 5) is 4.82. The van der Waals surface area contributed by atoms with E-state index in [1.54, 1.807) is 4.31 Å². The molecular weight excluding hydrogens is 264 g/mol. The lowest BCUT2D eigenvalue weighted by atomic mass is 10.1. The first-order chi connectivity index (χ1) is 8.95.